The first kappa shape index (κ1) is 15.9. The van der Waals surface area contributed by atoms with Crippen LogP contribution in [0.2, 0.25) is 0 Å². The molecule has 0 radical (unpaired) electrons. The van der Waals surface area contributed by atoms with Crippen molar-refractivity contribution in [3.8, 4) is 5.75 Å². The highest BCUT2D eigenvalue weighted by Crippen LogP contribution is 2.12. The Balaban J connectivity index is 2.49. The van der Waals surface area contributed by atoms with Crippen LogP contribution in [0.25, 0.3) is 0 Å². The fourth-order valence-corrected chi connectivity index (χ4v) is 2.12. The summed E-state index contributed by atoms with van der Waals surface area (Å²) >= 11 is 1.77. The number of hydrogen-bond donors (Lipinski definition) is 1. The highest BCUT2D eigenvalue weighted by Gasteiger charge is 2.11. The molecule has 1 amide bonds. The second-order valence-corrected chi connectivity index (χ2v) is 5.07. The van der Waals surface area contributed by atoms with Crippen LogP contribution in [0.5, 0.6) is 5.75 Å². The summed E-state index contributed by atoms with van der Waals surface area (Å²) in [5.41, 5.74) is 0.596. The summed E-state index contributed by atoms with van der Waals surface area (Å²) in [6, 6.07) is 7.10. The zero-order valence-electron chi connectivity index (χ0n) is 11.6. The number of amides is 1. The van der Waals surface area contributed by atoms with E-state index >= 15 is 0 Å². The van der Waals surface area contributed by atoms with Crippen molar-refractivity contribution in [3.05, 3.63) is 29.8 Å². The Morgan fingerprint density at radius 2 is 2.21 bits per heavy atom. The maximum absolute atomic E-state index is 12.0. The van der Waals surface area contributed by atoms with Gasteiger partial charge in [-0.3, -0.25) is 4.79 Å². The van der Waals surface area contributed by atoms with Gasteiger partial charge in [-0.2, -0.15) is 11.8 Å². The van der Waals surface area contributed by atoms with Gasteiger partial charge in [0.2, 0.25) is 0 Å². The summed E-state index contributed by atoms with van der Waals surface area (Å²) in [6.07, 6.45) is 3.04. The Kier molecular flexibility index (Phi) is 7.36. The van der Waals surface area contributed by atoms with Gasteiger partial charge in [0.25, 0.3) is 5.91 Å². The van der Waals surface area contributed by atoms with Crippen molar-refractivity contribution in [1.29, 1.82) is 0 Å². The summed E-state index contributed by atoms with van der Waals surface area (Å²) < 4.78 is 10.4. The predicted molar refractivity (Wildman–Crippen MR) is 79.1 cm³/mol. The van der Waals surface area contributed by atoms with Gasteiger partial charge in [0.15, 0.2) is 0 Å². The minimum Gasteiger partial charge on any atom is -0.497 e. The number of nitrogens with one attached hydrogen (secondary N) is 1. The van der Waals surface area contributed by atoms with Crippen LogP contribution in [0.3, 0.4) is 0 Å². The number of rotatable bonds is 8. The van der Waals surface area contributed by atoms with E-state index < -0.39 is 0 Å². The summed E-state index contributed by atoms with van der Waals surface area (Å²) in [5, 5.41) is 2.88. The number of carbonyl (C=O) groups excluding carboxylic acids is 1. The molecule has 1 atom stereocenters. The Hall–Kier alpha value is -1.20. The molecule has 1 N–H and O–H groups in total. The van der Waals surface area contributed by atoms with Gasteiger partial charge >= 0.3 is 0 Å². The molecule has 0 heterocycles. The van der Waals surface area contributed by atoms with Gasteiger partial charge < -0.3 is 14.8 Å². The molecule has 0 aliphatic carbocycles. The number of methoxy groups -OCH3 is 2. The van der Waals surface area contributed by atoms with Gasteiger partial charge in [-0.05, 0) is 36.6 Å². The molecule has 0 fully saturated rings. The average Bonchev–Trinajstić information content (AvgIpc) is 2.47. The van der Waals surface area contributed by atoms with E-state index in [0.717, 1.165) is 12.2 Å². The van der Waals surface area contributed by atoms with E-state index in [0.29, 0.717) is 17.9 Å². The monoisotopic (exact) mass is 283 g/mol. The third-order valence-electron chi connectivity index (χ3n) is 2.80. The molecular formula is C14H21NO3S. The van der Waals surface area contributed by atoms with Crippen LogP contribution in [0.4, 0.5) is 0 Å². The Bertz CT molecular complexity index is 398. The largest absolute Gasteiger partial charge is 0.497 e. The van der Waals surface area contributed by atoms with Gasteiger partial charge in [0.05, 0.1) is 13.2 Å². The van der Waals surface area contributed by atoms with Crippen molar-refractivity contribution >= 4 is 17.7 Å². The lowest BCUT2D eigenvalue weighted by Gasteiger charge is -2.15. The maximum atomic E-state index is 12.0. The minimum atomic E-state index is -0.106. The van der Waals surface area contributed by atoms with Gasteiger partial charge in [-0.1, -0.05) is 6.07 Å². The van der Waals surface area contributed by atoms with Crippen LogP contribution >= 0.6 is 11.8 Å². The Morgan fingerprint density at radius 3 is 2.84 bits per heavy atom. The van der Waals surface area contributed by atoms with Gasteiger partial charge in [-0.15, -0.1) is 0 Å². The quantitative estimate of drug-likeness (QED) is 0.794. The van der Waals surface area contributed by atoms with Crippen molar-refractivity contribution < 1.29 is 14.3 Å². The normalized spacial score (nSPS) is 11.9. The molecule has 0 aliphatic rings. The first-order valence-corrected chi connectivity index (χ1v) is 7.54. The molecule has 4 nitrogen and oxygen atoms in total. The van der Waals surface area contributed by atoms with Crippen LogP contribution in [-0.2, 0) is 4.74 Å². The van der Waals surface area contributed by atoms with E-state index in [1.165, 1.54) is 0 Å². The Labute approximate surface area is 118 Å². The van der Waals surface area contributed by atoms with Crippen molar-refractivity contribution in [3.63, 3.8) is 0 Å². The second kappa shape index (κ2) is 8.82. The lowest BCUT2D eigenvalue weighted by atomic mass is 10.2. The number of thioether (sulfide) groups is 1. The Morgan fingerprint density at radius 1 is 1.42 bits per heavy atom. The molecular weight excluding hydrogens is 262 g/mol. The second-order valence-electron chi connectivity index (χ2n) is 4.08. The third-order valence-corrected chi connectivity index (χ3v) is 3.44. The molecule has 19 heavy (non-hydrogen) atoms. The molecule has 0 bridgehead atoms. The standard InChI is InChI=1S/C14H21NO3S/c1-17-12-6-4-5-11(9-12)14(16)15-10-13(18-2)7-8-19-3/h4-6,9,13H,7-8,10H2,1-3H3,(H,15,16). The van der Waals surface area contributed by atoms with Crippen LogP contribution in [0.15, 0.2) is 24.3 Å². The van der Waals surface area contributed by atoms with Crippen LogP contribution in [0.1, 0.15) is 16.8 Å². The van der Waals surface area contributed by atoms with Gasteiger partial charge in [-0.25, -0.2) is 0 Å². The van der Waals surface area contributed by atoms with E-state index in [4.69, 9.17) is 9.47 Å². The fraction of sp³-hybridized carbons (Fsp3) is 0.500. The topological polar surface area (TPSA) is 47.6 Å². The summed E-state index contributed by atoms with van der Waals surface area (Å²) in [5.74, 6) is 1.59. The molecule has 1 rings (SSSR count). The van der Waals surface area contributed by atoms with Gasteiger partial charge in [0, 0.05) is 19.2 Å². The van der Waals surface area contributed by atoms with Crippen molar-refractivity contribution in [1.82, 2.24) is 5.32 Å². The van der Waals surface area contributed by atoms with Crippen LogP contribution in [0, 0.1) is 0 Å². The highest BCUT2D eigenvalue weighted by atomic mass is 32.2. The van der Waals surface area contributed by atoms with Crippen molar-refractivity contribution in [2.45, 2.75) is 12.5 Å². The molecule has 0 aliphatic heterocycles. The first-order valence-electron chi connectivity index (χ1n) is 6.15. The minimum absolute atomic E-state index is 0.0574. The zero-order chi connectivity index (χ0) is 14.1. The number of benzene rings is 1. The van der Waals surface area contributed by atoms with Crippen molar-refractivity contribution in [2.24, 2.45) is 0 Å². The van der Waals surface area contributed by atoms with E-state index in [1.54, 1.807) is 44.2 Å². The molecule has 0 aromatic heterocycles. The lowest BCUT2D eigenvalue weighted by Crippen LogP contribution is -2.33. The van der Waals surface area contributed by atoms with E-state index in [-0.39, 0.29) is 12.0 Å². The SMILES string of the molecule is COc1cccc(C(=O)NCC(CCSC)OC)c1. The van der Waals surface area contributed by atoms with Crippen LogP contribution in [-0.4, -0.2) is 44.8 Å². The van der Waals surface area contributed by atoms with Gasteiger partial charge in [0.1, 0.15) is 5.75 Å². The molecule has 0 spiro atoms. The lowest BCUT2D eigenvalue weighted by molar-refractivity contribution is 0.0819. The number of ether oxygens (including phenoxy) is 2. The molecule has 1 aromatic carbocycles. The zero-order valence-corrected chi connectivity index (χ0v) is 12.5. The highest BCUT2D eigenvalue weighted by molar-refractivity contribution is 7.98. The summed E-state index contributed by atoms with van der Waals surface area (Å²) in [6.45, 7) is 0.521. The molecule has 0 saturated heterocycles. The van der Waals surface area contributed by atoms with Crippen LogP contribution < -0.4 is 10.1 Å². The van der Waals surface area contributed by atoms with E-state index in [1.807, 2.05) is 6.07 Å². The molecule has 5 heteroatoms. The van der Waals surface area contributed by atoms with E-state index in [9.17, 15) is 4.79 Å². The smallest absolute Gasteiger partial charge is 0.251 e. The first-order chi connectivity index (χ1) is 9.21. The molecule has 1 aromatic rings. The summed E-state index contributed by atoms with van der Waals surface area (Å²) in [4.78, 5) is 12.0. The van der Waals surface area contributed by atoms with E-state index in [2.05, 4.69) is 11.6 Å². The summed E-state index contributed by atoms with van der Waals surface area (Å²) in [7, 11) is 3.25. The van der Waals surface area contributed by atoms with Crippen molar-refractivity contribution in [2.75, 3.05) is 32.8 Å². The number of carbonyl (C=O) groups is 1. The third kappa shape index (κ3) is 5.53. The predicted octanol–water partition coefficient (Wildman–Crippen LogP) is 2.19. The fourth-order valence-electron chi connectivity index (χ4n) is 1.63. The maximum Gasteiger partial charge on any atom is 0.251 e. The number of hydrogen-bond acceptors (Lipinski definition) is 4. The molecule has 106 valence electrons. The average molecular weight is 283 g/mol. The molecule has 1 unspecified atom stereocenters. The molecule has 0 saturated carbocycles.